The van der Waals surface area contributed by atoms with Crippen LogP contribution in [0, 0.1) is 11.3 Å². The molecule has 0 radical (unpaired) electrons. The lowest BCUT2D eigenvalue weighted by Gasteiger charge is -2.20. The Bertz CT molecular complexity index is 318. The van der Waals surface area contributed by atoms with Gasteiger partial charge in [0.05, 0.1) is 0 Å². The van der Waals surface area contributed by atoms with Crippen molar-refractivity contribution in [3.05, 3.63) is 0 Å². The molecule has 0 heterocycles. The van der Waals surface area contributed by atoms with Gasteiger partial charge in [-0.3, -0.25) is 9.59 Å². The van der Waals surface area contributed by atoms with Crippen LogP contribution in [0.4, 0.5) is 0 Å². The van der Waals surface area contributed by atoms with Crippen LogP contribution in [0.3, 0.4) is 0 Å². The average Bonchev–Trinajstić information content (AvgIpc) is 2.36. The zero-order chi connectivity index (χ0) is 16.5. The molecule has 0 bridgehead atoms. The van der Waals surface area contributed by atoms with Gasteiger partial charge < -0.3 is 16.6 Å². The molecule has 5 N–H and O–H groups in total. The topological polar surface area (TPSA) is 106 Å². The molecule has 0 aromatic carbocycles. The monoisotopic (exact) mass is 300 g/mol. The number of hydrogen-bond donors (Lipinski definition) is 3. The molecule has 1 aliphatic rings. The zero-order valence-electron chi connectivity index (χ0n) is 13.7. The third-order valence-electron chi connectivity index (χ3n) is 3.67. The molecule has 1 amide bonds. The van der Waals surface area contributed by atoms with Gasteiger partial charge in [-0.25, -0.2) is 0 Å². The highest BCUT2D eigenvalue weighted by atomic mass is 16.4. The molecule has 0 unspecified atom stereocenters. The smallest absolute Gasteiger partial charge is 0.320 e. The van der Waals surface area contributed by atoms with Gasteiger partial charge in [0.2, 0.25) is 5.91 Å². The number of carbonyl (C=O) groups excluding carboxylic acids is 1. The maximum atomic E-state index is 10.5. The fourth-order valence-corrected chi connectivity index (χ4v) is 2.57. The van der Waals surface area contributed by atoms with E-state index in [4.69, 9.17) is 16.6 Å². The van der Waals surface area contributed by atoms with Crippen molar-refractivity contribution in [3.63, 3.8) is 0 Å². The van der Waals surface area contributed by atoms with Crippen LogP contribution in [0.25, 0.3) is 0 Å². The summed E-state index contributed by atoms with van der Waals surface area (Å²) < 4.78 is 0. The van der Waals surface area contributed by atoms with Crippen LogP contribution in [0.1, 0.15) is 72.1 Å². The van der Waals surface area contributed by atoms with Crippen molar-refractivity contribution in [2.24, 2.45) is 22.8 Å². The van der Waals surface area contributed by atoms with Crippen LogP contribution in [-0.2, 0) is 9.59 Å². The Morgan fingerprint density at radius 1 is 1.19 bits per heavy atom. The molecule has 124 valence electrons. The number of rotatable bonds is 5. The van der Waals surface area contributed by atoms with Gasteiger partial charge >= 0.3 is 5.97 Å². The molecule has 0 spiro atoms. The standard InChI is InChI=1S/C9H17NO.C7H15NO2/c10-9(11)7-6-8-4-2-1-3-5-8;1-7(2,3)4-5(8)6(9)10/h8H,1-7H2,(H2,10,11);5H,4,8H2,1-3H3,(H,9,10)/t;5-/m.1/s1. The Hall–Kier alpha value is -1.10. The predicted molar refractivity (Wildman–Crippen MR) is 84.7 cm³/mol. The van der Waals surface area contributed by atoms with E-state index in [9.17, 15) is 9.59 Å². The molecule has 5 heteroatoms. The number of primary amides is 1. The molecule has 5 nitrogen and oxygen atoms in total. The molecule has 1 rings (SSSR count). The number of carboxylic acids is 1. The Balaban J connectivity index is 0.000000384. The molecular weight excluding hydrogens is 268 g/mol. The van der Waals surface area contributed by atoms with Gasteiger partial charge in [-0.15, -0.1) is 0 Å². The molecule has 0 aromatic rings. The molecule has 1 aliphatic carbocycles. The Morgan fingerprint density at radius 2 is 1.71 bits per heavy atom. The Labute approximate surface area is 128 Å². The van der Waals surface area contributed by atoms with E-state index in [0.29, 0.717) is 12.8 Å². The molecular formula is C16H32N2O3. The summed E-state index contributed by atoms with van der Waals surface area (Å²) in [6, 6.07) is -0.722. The molecule has 0 saturated heterocycles. The summed E-state index contributed by atoms with van der Waals surface area (Å²) in [5.41, 5.74) is 10.4. The number of hydrogen-bond acceptors (Lipinski definition) is 3. The normalized spacial score (nSPS) is 17.5. The summed E-state index contributed by atoms with van der Waals surface area (Å²) >= 11 is 0. The van der Waals surface area contributed by atoms with Gasteiger partial charge in [0.25, 0.3) is 0 Å². The van der Waals surface area contributed by atoms with Crippen LogP contribution >= 0.6 is 0 Å². The third-order valence-corrected chi connectivity index (χ3v) is 3.67. The van der Waals surface area contributed by atoms with Crippen LogP contribution in [0.2, 0.25) is 0 Å². The Morgan fingerprint density at radius 3 is 2.05 bits per heavy atom. The maximum Gasteiger partial charge on any atom is 0.320 e. The van der Waals surface area contributed by atoms with Gasteiger partial charge in [-0.2, -0.15) is 0 Å². The fourth-order valence-electron chi connectivity index (χ4n) is 2.57. The zero-order valence-corrected chi connectivity index (χ0v) is 13.7. The van der Waals surface area contributed by atoms with Crippen molar-refractivity contribution in [1.82, 2.24) is 0 Å². The Kier molecular flexibility index (Phi) is 9.26. The van der Waals surface area contributed by atoms with Crippen molar-refractivity contribution >= 4 is 11.9 Å². The first-order chi connectivity index (χ1) is 9.61. The highest BCUT2D eigenvalue weighted by molar-refractivity contribution is 5.73. The summed E-state index contributed by atoms with van der Waals surface area (Å²) in [5.74, 6) is -0.276. The first-order valence-corrected chi connectivity index (χ1v) is 7.88. The molecule has 1 fully saturated rings. The van der Waals surface area contributed by atoms with Crippen LogP contribution in [-0.4, -0.2) is 23.0 Å². The van der Waals surface area contributed by atoms with Gasteiger partial charge in [-0.05, 0) is 24.2 Å². The van der Waals surface area contributed by atoms with E-state index < -0.39 is 12.0 Å². The van der Waals surface area contributed by atoms with Crippen LogP contribution in [0.5, 0.6) is 0 Å². The number of aliphatic carboxylic acids is 1. The summed E-state index contributed by atoms with van der Waals surface area (Å²) in [6.07, 6.45) is 8.84. The highest BCUT2D eigenvalue weighted by Crippen LogP contribution is 2.26. The summed E-state index contributed by atoms with van der Waals surface area (Å²) in [7, 11) is 0. The van der Waals surface area contributed by atoms with Gasteiger partial charge in [0.15, 0.2) is 0 Å². The quantitative estimate of drug-likeness (QED) is 0.725. The SMILES string of the molecule is CC(C)(C)C[C@@H](N)C(=O)O.NC(=O)CCC1CCCCC1. The lowest BCUT2D eigenvalue weighted by Crippen LogP contribution is -2.34. The van der Waals surface area contributed by atoms with Gasteiger partial charge in [0, 0.05) is 6.42 Å². The van der Waals surface area contributed by atoms with Crippen molar-refractivity contribution in [1.29, 1.82) is 0 Å². The number of carboxylic acid groups (broad SMARTS) is 1. The highest BCUT2D eigenvalue weighted by Gasteiger charge is 2.20. The number of nitrogens with two attached hydrogens (primary N) is 2. The minimum Gasteiger partial charge on any atom is -0.480 e. The second-order valence-corrected chi connectivity index (χ2v) is 7.22. The minimum atomic E-state index is -0.921. The first-order valence-electron chi connectivity index (χ1n) is 7.88. The molecule has 1 saturated carbocycles. The number of carbonyl (C=O) groups is 2. The van der Waals surface area contributed by atoms with E-state index in [0.717, 1.165) is 12.3 Å². The second-order valence-electron chi connectivity index (χ2n) is 7.22. The van der Waals surface area contributed by atoms with Gasteiger partial charge in [-0.1, -0.05) is 52.9 Å². The third kappa shape index (κ3) is 12.4. The van der Waals surface area contributed by atoms with Crippen LogP contribution < -0.4 is 11.5 Å². The largest absolute Gasteiger partial charge is 0.480 e. The van der Waals surface area contributed by atoms with E-state index in [-0.39, 0.29) is 11.3 Å². The summed E-state index contributed by atoms with van der Waals surface area (Å²) in [5, 5.41) is 8.42. The lowest BCUT2D eigenvalue weighted by atomic mass is 9.86. The van der Waals surface area contributed by atoms with E-state index in [1.807, 2.05) is 20.8 Å². The second kappa shape index (κ2) is 9.77. The predicted octanol–water partition coefficient (Wildman–Crippen LogP) is 2.67. The summed E-state index contributed by atoms with van der Waals surface area (Å²) in [4.78, 5) is 20.7. The molecule has 0 aromatic heterocycles. The van der Waals surface area contributed by atoms with Crippen molar-refractivity contribution in [2.75, 3.05) is 0 Å². The lowest BCUT2D eigenvalue weighted by molar-refractivity contribution is -0.139. The maximum absolute atomic E-state index is 10.5. The van der Waals surface area contributed by atoms with Gasteiger partial charge in [0.1, 0.15) is 6.04 Å². The van der Waals surface area contributed by atoms with Crippen LogP contribution in [0.15, 0.2) is 0 Å². The molecule has 21 heavy (non-hydrogen) atoms. The number of amides is 1. The van der Waals surface area contributed by atoms with E-state index in [1.54, 1.807) is 0 Å². The van der Waals surface area contributed by atoms with Crippen molar-refractivity contribution in [2.45, 2.75) is 78.2 Å². The van der Waals surface area contributed by atoms with Crippen molar-refractivity contribution in [3.8, 4) is 0 Å². The van der Waals surface area contributed by atoms with E-state index in [1.165, 1.54) is 32.1 Å². The first kappa shape index (κ1) is 19.9. The molecule has 0 aliphatic heterocycles. The van der Waals surface area contributed by atoms with E-state index >= 15 is 0 Å². The van der Waals surface area contributed by atoms with E-state index in [2.05, 4.69) is 0 Å². The fraction of sp³-hybridized carbons (Fsp3) is 0.875. The average molecular weight is 300 g/mol. The minimum absolute atomic E-state index is 0.00218. The van der Waals surface area contributed by atoms with Crippen molar-refractivity contribution < 1.29 is 14.7 Å². The summed E-state index contributed by atoms with van der Waals surface area (Å²) in [6.45, 7) is 5.90. The molecule has 1 atom stereocenters.